The number of fused-ring (bicyclic) bond motifs is 3. The Morgan fingerprint density at radius 2 is 1.80 bits per heavy atom. The van der Waals surface area contributed by atoms with Crippen LogP contribution in [0.25, 0.3) is 17.1 Å². The molecule has 0 atom stereocenters. The third-order valence-electron chi connectivity index (χ3n) is 5.31. The van der Waals surface area contributed by atoms with Crippen LogP contribution in [0, 0.1) is 0 Å². The van der Waals surface area contributed by atoms with E-state index < -0.39 is 0 Å². The van der Waals surface area contributed by atoms with Crippen molar-refractivity contribution < 1.29 is 4.57 Å². The molecule has 2 heterocycles. The number of rotatable bonds is 1. The fourth-order valence-electron chi connectivity index (χ4n) is 4.00. The number of hydrogen-bond acceptors (Lipinski definition) is 2. The lowest BCUT2D eigenvalue weighted by Crippen LogP contribution is -2.37. The van der Waals surface area contributed by atoms with E-state index in [1.54, 1.807) is 0 Å². The fourth-order valence-corrected chi connectivity index (χ4v) is 5.07. The molecule has 2 aliphatic rings. The Morgan fingerprint density at radius 1 is 1.00 bits per heavy atom. The van der Waals surface area contributed by atoms with E-state index in [1.807, 2.05) is 11.8 Å². The van der Waals surface area contributed by atoms with E-state index in [0.29, 0.717) is 0 Å². The highest BCUT2D eigenvalue weighted by Crippen LogP contribution is 2.44. The highest BCUT2D eigenvalue weighted by atomic mass is 32.2. The van der Waals surface area contributed by atoms with E-state index in [2.05, 4.69) is 77.3 Å². The maximum atomic E-state index is 2.45. The largest absolute Gasteiger partial charge is 0.333 e. The normalized spacial score (nSPS) is 17.8. The van der Waals surface area contributed by atoms with Crippen LogP contribution in [-0.2, 0) is 12.8 Å². The molecule has 2 aromatic carbocycles. The lowest BCUT2D eigenvalue weighted by molar-refractivity contribution is -0.549. The predicted molar refractivity (Wildman–Crippen MR) is 106 cm³/mol. The monoisotopic (exact) mass is 345 g/mol. The molecule has 0 spiro atoms. The SMILES string of the molecule is CN1/C(=C/[n+]2c3c(cc4ccccc42)CCCC3)Sc2ccccc21. The molecule has 25 heavy (non-hydrogen) atoms. The van der Waals surface area contributed by atoms with Gasteiger partial charge in [0.25, 0.3) is 0 Å². The molecule has 0 unspecified atom stereocenters. The molecule has 0 fully saturated rings. The molecule has 1 aliphatic carbocycles. The van der Waals surface area contributed by atoms with E-state index in [-0.39, 0.29) is 0 Å². The van der Waals surface area contributed by atoms with Crippen molar-refractivity contribution in [2.24, 2.45) is 0 Å². The summed E-state index contributed by atoms with van der Waals surface area (Å²) in [6, 6.07) is 19.8. The van der Waals surface area contributed by atoms with Crippen LogP contribution in [0.1, 0.15) is 24.1 Å². The summed E-state index contributed by atoms with van der Waals surface area (Å²) in [5.74, 6) is 0. The third kappa shape index (κ3) is 2.46. The van der Waals surface area contributed by atoms with Gasteiger partial charge >= 0.3 is 0 Å². The molecule has 0 bridgehead atoms. The lowest BCUT2D eigenvalue weighted by atomic mass is 9.94. The second kappa shape index (κ2) is 5.92. The lowest BCUT2D eigenvalue weighted by Gasteiger charge is -2.16. The molecule has 0 saturated heterocycles. The molecule has 0 saturated carbocycles. The third-order valence-corrected chi connectivity index (χ3v) is 6.46. The van der Waals surface area contributed by atoms with Gasteiger partial charge in [-0.25, -0.2) is 0 Å². The Kier molecular flexibility index (Phi) is 3.56. The van der Waals surface area contributed by atoms with Gasteiger partial charge in [0.05, 0.1) is 5.69 Å². The Balaban J connectivity index is 1.71. The first kappa shape index (κ1) is 15.0. The Bertz CT molecular complexity index is 1010. The molecule has 2 nitrogen and oxygen atoms in total. The zero-order valence-corrected chi connectivity index (χ0v) is 15.2. The molecular formula is C22H21N2S+. The van der Waals surface area contributed by atoms with Crippen LogP contribution in [0.3, 0.4) is 0 Å². The first-order valence-electron chi connectivity index (χ1n) is 8.99. The number of para-hydroxylation sites is 2. The summed E-state index contributed by atoms with van der Waals surface area (Å²) in [4.78, 5) is 3.65. The quantitative estimate of drug-likeness (QED) is 0.573. The van der Waals surface area contributed by atoms with E-state index in [1.165, 1.54) is 63.5 Å². The van der Waals surface area contributed by atoms with Crippen molar-refractivity contribution in [2.75, 3.05) is 11.9 Å². The average molecular weight is 345 g/mol. The zero-order valence-electron chi connectivity index (χ0n) is 14.4. The number of thioether (sulfide) groups is 1. The van der Waals surface area contributed by atoms with Gasteiger partial charge in [-0.15, -0.1) is 0 Å². The second-order valence-corrected chi connectivity index (χ2v) is 7.91. The number of aryl methyl sites for hydroxylation is 1. The maximum Gasteiger partial charge on any atom is 0.218 e. The topological polar surface area (TPSA) is 7.12 Å². The van der Waals surface area contributed by atoms with Gasteiger partial charge in [-0.3, -0.25) is 0 Å². The molecule has 3 aromatic rings. The number of anilines is 1. The Hall–Kier alpha value is -2.26. The summed E-state index contributed by atoms with van der Waals surface area (Å²) in [5.41, 5.74) is 5.61. The van der Waals surface area contributed by atoms with Gasteiger partial charge in [-0.05, 0) is 43.5 Å². The summed E-state index contributed by atoms with van der Waals surface area (Å²) >= 11 is 1.86. The highest BCUT2D eigenvalue weighted by Gasteiger charge is 2.27. The van der Waals surface area contributed by atoms with Gasteiger partial charge in [0.1, 0.15) is 5.03 Å². The van der Waals surface area contributed by atoms with Gasteiger partial charge < -0.3 is 4.90 Å². The summed E-state index contributed by atoms with van der Waals surface area (Å²) in [6.07, 6.45) is 7.31. The summed E-state index contributed by atoms with van der Waals surface area (Å²) in [5, 5.41) is 2.62. The zero-order chi connectivity index (χ0) is 16.8. The van der Waals surface area contributed by atoms with Crippen molar-refractivity contribution in [3.05, 3.63) is 70.9 Å². The molecule has 1 aromatic heterocycles. The first-order valence-corrected chi connectivity index (χ1v) is 9.80. The van der Waals surface area contributed by atoms with E-state index in [9.17, 15) is 0 Å². The van der Waals surface area contributed by atoms with Crippen molar-refractivity contribution in [3.63, 3.8) is 0 Å². The van der Waals surface area contributed by atoms with Crippen LogP contribution < -0.4 is 9.47 Å². The number of aromatic nitrogens is 1. The minimum Gasteiger partial charge on any atom is -0.333 e. The first-order chi connectivity index (χ1) is 12.3. The molecule has 124 valence electrons. The summed E-state index contributed by atoms with van der Waals surface area (Å²) < 4.78 is 2.45. The molecule has 5 rings (SSSR count). The summed E-state index contributed by atoms with van der Waals surface area (Å²) in [7, 11) is 2.17. The Labute approximate surface area is 152 Å². The highest BCUT2D eigenvalue weighted by molar-refractivity contribution is 8.03. The van der Waals surface area contributed by atoms with Crippen LogP contribution >= 0.6 is 11.8 Å². The van der Waals surface area contributed by atoms with Gasteiger partial charge in [0.2, 0.25) is 11.7 Å². The minimum absolute atomic E-state index is 1.17. The van der Waals surface area contributed by atoms with Gasteiger partial charge in [0.15, 0.2) is 5.69 Å². The number of nitrogens with zero attached hydrogens (tertiary/aromatic N) is 2. The minimum atomic E-state index is 1.17. The second-order valence-electron chi connectivity index (χ2n) is 6.85. The summed E-state index contributed by atoms with van der Waals surface area (Å²) in [6.45, 7) is 0. The molecule has 0 N–H and O–H groups in total. The number of benzene rings is 2. The van der Waals surface area contributed by atoms with Crippen molar-refractivity contribution >= 4 is 34.6 Å². The molecular weight excluding hydrogens is 324 g/mol. The standard InChI is InChI=1S/C22H21N2S/c1-23-20-12-6-7-13-21(20)25-22(23)15-24-18-10-4-2-8-16(18)14-17-9-3-5-11-19(17)24/h2,4,6-8,10,12-15H,3,5,9,11H2,1H3/q+1/b22-15-. The van der Waals surface area contributed by atoms with E-state index in [4.69, 9.17) is 0 Å². The van der Waals surface area contributed by atoms with E-state index in [0.717, 1.165) is 0 Å². The maximum absolute atomic E-state index is 2.45. The molecule has 0 radical (unpaired) electrons. The van der Waals surface area contributed by atoms with E-state index >= 15 is 0 Å². The van der Waals surface area contributed by atoms with Crippen LogP contribution in [0.5, 0.6) is 0 Å². The molecule has 0 amide bonds. The smallest absolute Gasteiger partial charge is 0.218 e. The number of pyridine rings is 1. The Morgan fingerprint density at radius 3 is 2.72 bits per heavy atom. The van der Waals surface area contributed by atoms with Gasteiger partial charge in [-0.1, -0.05) is 36.0 Å². The average Bonchev–Trinajstić information content (AvgIpc) is 2.97. The number of hydrogen-bond donors (Lipinski definition) is 0. The van der Waals surface area contributed by atoms with Gasteiger partial charge in [0, 0.05) is 35.4 Å². The van der Waals surface area contributed by atoms with Crippen LogP contribution in [0.15, 0.2) is 64.5 Å². The van der Waals surface area contributed by atoms with Gasteiger partial charge in [-0.2, -0.15) is 4.57 Å². The van der Waals surface area contributed by atoms with Crippen LogP contribution in [-0.4, -0.2) is 7.05 Å². The van der Waals surface area contributed by atoms with Crippen molar-refractivity contribution in [1.29, 1.82) is 0 Å². The van der Waals surface area contributed by atoms with Crippen molar-refractivity contribution in [3.8, 4) is 0 Å². The van der Waals surface area contributed by atoms with Crippen LogP contribution in [0.4, 0.5) is 5.69 Å². The van der Waals surface area contributed by atoms with Crippen molar-refractivity contribution in [1.82, 2.24) is 0 Å². The fraction of sp³-hybridized carbons (Fsp3) is 0.227. The van der Waals surface area contributed by atoms with Crippen molar-refractivity contribution in [2.45, 2.75) is 30.6 Å². The predicted octanol–water partition coefficient (Wildman–Crippen LogP) is 5.00. The molecule has 1 aliphatic heterocycles. The molecule has 3 heteroatoms. The van der Waals surface area contributed by atoms with Crippen LogP contribution in [0.2, 0.25) is 0 Å².